The Labute approximate surface area is 229 Å². The first-order valence-corrected chi connectivity index (χ1v) is 14.4. The fraction of sp³-hybridized carbons (Fsp3) is 0.552. The Hall–Kier alpha value is -3.71. The third-order valence-corrected chi connectivity index (χ3v) is 8.63. The molecule has 3 aromatic rings. The van der Waals surface area contributed by atoms with Crippen molar-refractivity contribution in [3.8, 4) is 6.07 Å². The van der Waals surface area contributed by atoms with E-state index >= 15 is 0 Å². The number of nitriles is 1. The minimum atomic E-state index is 0.0105. The Morgan fingerprint density at radius 2 is 1.62 bits per heavy atom. The van der Waals surface area contributed by atoms with E-state index in [1.807, 2.05) is 11.2 Å². The molecular formula is C29H37N9O. The number of likely N-dealkylation sites (tertiary alicyclic amines) is 1. The highest BCUT2D eigenvalue weighted by Gasteiger charge is 2.27. The van der Waals surface area contributed by atoms with Crippen LogP contribution in [0.3, 0.4) is 0 Å². The average Bonchev–Trinajstić information content (AvgIpc) is 3.65. The third kappa shape index (κ3) is 5.55. The van der Waals surface area contributed by atoms with Gasteiger partial charge in [0, 0.05) is 42.8 Å². The van der Waals surface area contributed by atoms with Gasteiger partial charge in [-0.15, -0.1) is 0 Å². The molecule has 0 radical (unpaired) electrons. The molecule has 2 aromatic heterocycles. The maximum Gasteiger partial charge on any atom is 0.253 e. The van der Waals surface area contributed by atoms with Gasteiger partial charge in [-0.05, 0) is 75.6 Å². The highest BCUT2D eigenvalue weighted by Crippen LogP contribution is 2.34. The molecule has 10 nitrogen and oxygen atoms in total. The van der Waals surface area contributed by atoms with E-state index in [9.17, 15) is 4.79 Å². The molecule has 0 unspecified atom stereocenters. The fourth-order valence-corrected chi connectivity index (χ4v) is 6.27. The molecule has 204 valence electrons. The van der Waals surface area contributed by atoms with Crippen molar-refractivity contribution in [2.24, 2.45) is 5.73 Å². The third-order valence-electron chi connectivity index (χ3n) is 8.63. The number of fused-ring (bicyclic) bond motifs is 1. The summed E-state index contributed by atoms with van der Waals surface area (Å²) in [6, 6.07) is 10.2. The van der Waals surface area contributed by atoms with Gasteiger partial charge in [-0.25, -0.2) is 4.98 Å². The Kier molecular flexibility index (Phi) is 7.33. The Bertz CT molecular complexity index is 1340. The van der Waals surface area contributed by atoms with Gasteiger partial charge in [-0.2, -0.15) is 15.2 Å². The van der Waals surface area contributed by atoms with Gasteiger partial charge in [-0.3, -0.25) is 4.79 Å². The lowest BCUT2D eigenvalue weighted by Gasteiger charge is -2.33. The molecule has 1 aliphatic heterocycles. The molecule has 2 aliphatic carbocycles. The number of imidazole rings is 1. The molecule has 3 fully saturated rings. The van der Waals surface area contributed by atoms with Crippen molar-refractivity contribution in [3.05, 3.63) is 41.7 Å². The van der Waals surface area contributed by atoms with Crippen molar-refractivity contribution in [1.82, 2.24) is 24.4 Å². The predicted octanol–water partition coefficient (Wildman–Crippen LogP) is 4.21. The minimum Gasteiger partial charge on any atom is -0.365 e. The van der Waals surface area contributed by atoms with Crippen molar-refractivity contribution >= 4 is 28.8 Å². The monoisotopic (exact) mass is 527 g/mol. The summed E-state index contributed by atoms with van der Waals surface area (Å²) in [5.41, 5.74) is 9.01. The van der Waals surface area contributed by atoms with E-state index in [-0.39, 0.29) is 11.9 Å². The van der Waals surface area contributed by atoms with Crippen LogP contribution < -0.4 is 16.4 Å². The van der Waals surface area contributed by atoms with Gasteiger partial charge in [0.1, 0.15) is 0 Å². The highest BCUT2D eigenvalue weighted by molar-refractivity contribution is 5.94. The zero-order valence-electron chi connectivity index (χ0n) is 22.4. The summed E-state index contributed by atoms with van der Waals surface area (Å²) in [6.07, 6.45) is 12.5. The van der Waals surface area contributed by atoms with Gasteiger partial charge in [-0.1, -0.05) is 12.8 Å². The number of aromatic nitrogens is 4. The molecule has 1 aromatic carbocycles. The van der Waals surface area contributed by atoms with Gasteiger partial charge in [0.25, 0.3) is 5.91 Å². The number of benzene rings is 1. The van der Waals surface area contributed by atoms with Gasteiger partial charge in [0.15, 0.2) is 17.0 Å². The van der Waals surface area contributed by atoms with Gasteiger partial charge >= 0.3 is 0 Å². The van der Waals surface area contributed by atoms with Crippen LogP contribution in [0.4, 0.5) is 11.8 Å². The zero-order chi connectivity index (χ0) is 26.8. The van der Waals surface area contributed by atoms with Crippen LogP contribution in [-0.4, -0.2) is 61.5 Å². The number of carbonyl (C=O) groups excluding carboxylic acids is 1. The van der Waals surface area contributed by atoms with E-state index in [2.05, 4.69) is 21.3 Å². The molecule has 2 saturated carbocycles. The summed E-state index contributed by atoms with van der Waals surface area (Å²) in [4.78, 5) is 29.5. The first-order chi connectivity index (χ1) is 19.1. The molecule has 0 atom stereocenters. The topological polar surface area (TPSA) is 138 Å². The first-order valence-electron chi connectivity index (χ1n) is 14.4. The molecule has 4 N–H and O–H groups in total. The molecule has 0 bridgehead atoms. The number of nitrogens with zero attached hydrogens (tertiary/aromatic N) is 6. The van der Waals surface area contributed by atoms with Gasteiger partial charge < -0.3 is 25.8 Å². The number of carbonyl (C=O) groups is 1. The Balaban J connectivity index is 1.18. The zero-order valence-corrected chi connectivity index (χ0v) is 22.4. The van der Waals surface area contributed by atoms with Crippen LogP contribution in [-0.2, 0) is 0 Å². The van der Waals surface area contributed by atoms with E-state index in [1.54, 1.807) is 24.3 Å². The smallest absolute Gasteiger partial charge is 0.253 e. The van der Waals surface area contributed by atoms with E-state index in [0.717, 1.165) is 68.3 Å². The number of hydrogen-bond donors (Lipinski definition) is 3. The summed E-state index contributed by atoms with van der Waals surface area (Å²) in [7, 11) is 0. The van der Waals surface area contributed by atoms with Gasteiger partial charge in [0.05, 0.1) is 18.0 Å². The van der Waals surface area contributed by atoms with Crippen LogP contribution in [0.25, 0.3) is 11.2 Å². The molecule has 0 spiro atoms. The molecule has 1 amide bonds. The summed E-state index contributed by atoms with van der Waals surface area (Å²) < 4.78 is 2.25. The fourth-order valence-electron chi connectivity index (χ4n) is 6.27. The molecule has 10 heteroatoms. The average molecular weight is 528 g/mol. The molecular weight excluding hydrogens is 490 g/mol. The van der Waals surface area contributed by atoms with E-state index in [1.165, 1.54) is 12.8 Å². The molecule has 3 aliphatic rings. The Morgan fingerprint density at radius 3 is 2.31 bits per heavy atom. The summed E-state index contributed by atoms with van der Waals surface area (Å²) in [5, 5.41) is 16.3. The molecule has 1 saturated heterocycles. The number of anilines is 2. The summed E-state index contributed by atoms with van der Waals surface area (Å²) in [5.74, 6) is 1.43. The maximum atomic E-state index is 13.0. The number of piperidine rings is 1. The first kappa shape index (κ1) is 25.6. The number of amides is 1. The molecule has 3 heterocycles. The standard InChI is InChI=1S/C29H37N9O/c30-17-19-5-7-20(8-6-19)28(39)37-15-13-23(14-16-37)33-26-25-27(38(18-32-25)24-3-1-2-4-24)36-29(35-26)34-22-11-9-21(31)10-12-22/h5-8,18,21-24H,1-4,9-16,31H2,(H2,33,34,35,36)/t21-,22-. The van der Waals surface area contributed by atoms with Crippen molar-refractivity contribution in [2.45, 2.75) is 88.4 Å². The summed E-state index contributed by atoms with van der Waals surface area (Å²) in [6.45, 7) is 1.32. The molecule has 39 heavy (non-hydrogen) atoms. The quantitative estimate of drug-likeness (QED) is 0.433. The van der Waals surface area contributed by atoms with Crippen LogP contribution in [0.5, 0.6) is 0 Å². The second kappa shape index (κ2) is 11.2. The van der Waals surface area contributed by atoms with Crippen LogP contribution in [0.2, 0.25) is 0 Å². The largest absolute Gasteiger partial charge is 0.365 e. The second-order valence-corrected chi connectivity index (χ2v) is 11.3. The van der Waals surface area contributed by atoms with E-state index in [4.69, 9.17) is 25.9 Å². The number of nitrogens with two attached hydrogens (primary N) is 1. The second-order valence-electron chi connectivity index (χ2n) is 11.3. The van der Waals surface area contributed by atoms with Gasteiger partial charge in [0.2, 0.25) is 5.95 Å². The lowest BCUT2D eigenvalue weighted by atomic mass is 9.92. The van der Waals surface area contributed by atoms with Crippen LogP contribution >= 0.6 is 0 Å². The van der Waals surface area contributed by atoms with Crippen molar-refractivity contribution in [2.75, 3.05) is 23.7 Å². The number of hydrogen-bond acceptors (Lipinski definition) is 8. The minimum absolute atomic E-state index is 0.0105. The van der Waals surface area contributed by atoms with E-state index < -0.39 is 0 Å². The summed E-state index contributed by atoms with van der Waals surface area (Å²) >= 11 is 0. The van der Waals surface area contributed by atoms with Crippen molar-refractivity contribution < 1.29 is 4.79 Å². The van der Waals surface area contributed by atoms with E-state index in [0.29, 0.717) is 48.3 Å². The highest BCUT2D eigenvalue weighted by atomic mass is 16.2. The van der Waals surface area contributed by atoms with Crippen LogP contribution in [0.1, 0.15) is 86.2 Å². The Morgan fingerprint density at radius 1 is 0.923 bits per heavy atom. The molecule has 6 rings (SSSR count). The predicted molar refractivity (Wildman–Crippen MR) is 150 cm³/mol. The number of rotatable bonds is 6. The van der Waals surface area contributed by atoms with Crippen molar-refractivity contribution in [1.29, 1.82) is 5.26 Å². The normalized spacial score (nSPS) is 22.6. The maximum absolute atomic E-state index is 13.0. The lowest BCUT2D eigenvalue weighted by Crippen LogP contribution is -2.42. The SMILES string of the molecule is N#Cc1ccc(C(=O)N2CCC(Nc3nc(N[C@H]4CC[C@H](N)CC4)nc4c3ncn4C3CCCC3)CC2)cc1. The number of nitrogens with one attached hydrogen (secondary N) is 2. The lowest BCUT2D eigenvalue weighted by molar-refractivity contribution is 0.0718. The van der Waals surface area contributed by atoms with Crippen LogP contribution in [0, 0.1) is 11.3 Å². The van der Waals surface area contributed by atoms with Crippen molar-refractivity contribution in [3.63, 3.8) is 0 Å². The van der Waals surface area contributed by atoms with Crippen LogP contribution in [0.15, 0.2) is 30.6 Å².